The molecule has 0 spiro atoms. The standard InChI is InChI=1S/C21H18N4O5S/c1-31(29,30)13-4-5-16-15(10-13)18(14-3-2-7-24-20(14)26)19(21(27)28)25(16)11-12-6-8-23-17(22)9-12/h2-10H,11H2,1H3,(H2,22,23)(H,24,26)(H,27,28). The fourth-order valence-electron chi connectivity index (χ4n) is 3.62. The Balaban J connectivity index is 2.12. The lowest BCUT2D eigenvalue weighted by atomic mass is 10.0. The summed E-state index contributed by atoms with van der Waals surface area (Å²) in [4.78, 5) is 31.4. The molecule has 0 atom stereocenters. The topological polar surface area (TPSA) is 148 Å². The quantitative estimate of drug-likeness (QED) is 0.432. The minimum atomic E-state index is -3.56. The summed E-state index contributed by atoms with van der Waals surface area (Å²) in [7, 11) is -3.56. The third kappa shape index (κ3) is 3.68. The summed E-state index contributed by atoms with van der Waals surface area (Å²) >= 11 is 0. The first-order valence-corrected chi connectivity index (χ1v) is 11.0. The number of sulfone groups is 1. The van der Waals surface area contributed by atoms with Crippen LogP contribution in [-0.2, 0) is 16.4 Å². The number of anilines is 1. The highest BCUT2D eigenvalue weighted by Crippen LogP contribution is 2.35. The maximum absolute atomic E-state index is 12.5. The first-order chi connectivity index (χ1) is 14.7. The largest absolute Gasteiger partial charge is 0.477 e. The van der Waals surface area contributed by atoms with E-state index in [-0.39, 0.29) is 34.1 Å². The minimum Gasteiger partial charge on any atom is -0.477 e. The Morgan fingerprint density at radius 2 is 2.00 bits per heavy atom. The van der Waals surface area contributed by atoms with Crippen molar-refractivity contribution in [3.8, 4) is 11.1 Å². The molecule has 10 heteroatoms. The number of nitrogens with one attached hydrogen (secondary N) is 1. The molecule has 0 amide bonds. The first kappa shape index (κ1) is 20.4. The van der Waals surface area contributed by atoms with Gasteiger partial charge in [0.15, 0.2) is 9.84 Å². The van der Waals surface area contributed by atoms with Crippen molar-refractivity contribution in [3.63, 3.8) is 0 Å². The van der Waals surface area contributed by atoms with Gasteiger partial charge in [0.05, 0.1) is 4.90 Å². The molecular weight excluding hydrogens is 420 g/mol. The number of pyridine rings is 2. The Morgan fingerprint density at radius 1 is 1.23 bits per heavy atom. The summed E-state index contributed by atoms with van der Waals surface area (Å²) in [5, 5.41) is 10.4. The Hall–Kier alpha value is -3.92. The smallest absolute Gasteiger partial charge is 0.353 e. The van der Waals surface area contributed by atoms with Crippen LogP contribution in [-0.4, -0.2) is 40.3 Å². The SMILES string of the molecule is CS(=O)(=O)c1ccc2c(c1)c(-c1ccc[nH]c1=O)c(C(=O)O)n2Cc1ccnc(N)c1. The number of carbonyl (C=O) groups is 1. The molecule has 0 unspecified atom stereocenters. The summed E-state index contributed by atoms with van der Waals surface area (Å²) in [6, 6.07) is 10.8. The number of nitrogens with zero attached hydrogens (tertiary/aromatic N) is 2. The van der Waals surface area contributed by atoms with Crippen molar-refractivity contribution in [1.82, 2.24) is 14.5 Å². The molecule has 0 saturated carbocycles. The normalized spacial score (nSPS) is 11.6. The number of carboxylic acids is 1. The predicted octanol–water partition coefficient (Wildman–Crippen LogP) is 2.12. The molecule has 4 aromatic rings. The molecule has 158 valence electrons. The van der Waals surface area contributed by atoms with Gasteiger partial charge in [-0.05, 0) is 48.0 Å². The molecule has 0 aliphatic rings. The Bertz CT molecular complexity index is 1500. The van der Waals surface area contributed by atoms with Gasteiger partial charge in [0.25, 0.3) is 5.56 Å². The number of hydrogen-bond donors (Lipinski definition) is 3. The second-order valence-corrected chi connectivity index (χ2v) is 9.08. The zero-order valence-electron chi connectivity index (χ0n) is 16.4. The van der Waals surface area contributed by atoms with Gasteiger partial charge >= 0.3 is 5.97 Å². The number of carboxylic acid groups (broad SMARTS) is 1. The van der Waals surface area contributed by atoms with Crippen LogP contribution in [0.2, 0.25) is 0 Å². The summed E-state index contributed by atoms with van der Waals surface area (Å²) in [6.45, 7) is 0.133. The van der Waals surface area contributed by atoms with Crippen LogP contribution in [0.1, 0.15) is 16.1 Å². The van der Waals surface area contributed by atoms with Gasteiger partial charge in [-0.3, -0.25) is 4.79 Å². The van der Waals surface area contributed by atoms with Crippen molar-refractivity contribution >= 4 is 32.5 Å². The Morgan fingerprint density at radius 3 is 2.65 bits per heavy atom. The third-order valence-electron chi connectivity index (χ3n) is 4.94. The van der Waals surface area contributed by atoms with Crippen LogP contribution in [0.15, 0.2) is 64.5 Å². The lowest BCUT2D eigenvalue weighted by Crippen LogP contribution is -2.13. The zero-order valence-corrected chi connectivity index (χ0v) is 17.2. The van der Waals surface area contributed by atoms with Gasteiger partial charge in [0, 0.05) is 47.2 Å². The number of aromatic carboxylic acids is 1. The van der Waals surface area contributed by atoms with Crippen molar-refractivity contribution in [3.05, 3.63) is 76.5 Å². The van der Waals surface area contributed by atoms with Crippen molar-refractivity contribution in [2.75, 3.05) is 12.0 Å². The van der Waals surface area contributed by atoms with Gasteiger partial charge in [-0.15, -0.1) is 0 Å². The second kappa shape index (κ2) is 7.40. The van der Waals surface area contributed by atoms with Crippen LogP contribution in [0.3, 0.4) is 0 Å². The van der Waals surface area contributed by atoms with Gasteiger partial charge < -0.3 is 20.4 Å². The van der Waals surface area contributed by atoms with E-state index in [2.05, 4.69) is 9.97 Å². The van der Waals surface area contributed by atoms with Crippen LogP contribution in [0.5, 0.6) is 0 Å². The van der Waals surface area contributed by atoms with E-state index in [0.717, 1.165) is 6.26 Å². The lowest BCUT2D eigenvalue weighted by Gasteiger charge is -2.10. The highest BCUT2D eigenvalue weighted by atomic mass is 32.2. The minimum absolute atomic E-state index is 0.0239. The van der Waals surface area contributed by atoms with Crippen LogP contribution in [0.25, 0.3) is 22.0 Å². The first-order valence-electron chi connectivity index (χ1n) is 9.15. The number of nitrogen functional groups attached to an aromatic ring is 1. The zero-order chi connectivity index (χ0) is 22.3. The predicted molar refractivity (Wildman–Crippen MR) is 116 cm³/mol. The maximum Gasteiger partial charge on any atom is 0.353 e. The third-order valence-corrected chi connectivity index (χ3v) is 6.05. The Kier molecular flexibility index (Phi) is 4.86. The van der Waals surface area contributed by atoms with Crippen molar-refractivity contribution in [2.24, 2.45) is 0 Å². The summed E-state index contributed by atoms with van der Waals surface area (Å²) in [5.74, 6) is -0.970. The summed E-state index contributed by atoms with van der Waals surface area (Å²) < 4.78 is 25.8. The number of aromatic amines is 1. The van der Waals surface area contributed by atoms with E-state index in [1.165, 1.54) is 35.2 Å². The average Bonchev–Trinajstić information content (AvgIpc) is 3.01. The highest BCUT2D eigenvalue weighted by molar-refractivity contribution is 7.90. The van der Waals surface area contributed by atoms with E-state index in [9.17, 15) is 23.1 Å². The molecule has 0 aliphatic carbocycles. The van der Waals surface area contributed by atoms with Gasteiger partial charge in [-0.25, -0.2) is 18.2 Å². The molecule has 4 rings (SSSR count). The summed E-state index contributed by atoms with van der Waals surface area (Å²) in [6.07, 6.45) is 4.02. The molecule has 3 aromatic heterocycles. The lowest BCUT2D eigenvalue weighted by molar-refractivity contribution is 0.0687. The number of nitrogens with two attached hydrogens (primary N) is 1. The van der Waals surface area contributed by atoms with E-state index < -0.39 is 21.4 Å². The van der Waals surface area contributed by atoms with Crippen LogP contribution < -0.4 is 11.3 Å². The number of hydrogen-bond acceptors (Lipinski definition) is 6. The van der Waals surface area contributed by atoms with Crippen LogP contribution in [0, 0.1) is 0 Å². The van der Waals surface area contributed by atoms with Gasteiger partial charge in [-0.1, -0.05) is 0 Å². The van der Waals surface area contributed by atoms with Crippen LogP contribution >= 0.6 is 0 Å². The molecular formula is C21H18N4O5S. The van der Waals surface area contributed by atoms with E-state index in [4.69, 9.17) is 5.73 Å². The van der Waals surface area contributed by atoms with E-state index in [1.807, 2.05) is 0 Å². The van der Waals surface area contributed by atoms with Gasteiger partial charge in [0.2, 0.25) is 0 Å². The second-order valence-electron chi connectivity index (χ2n) is 7.07. The maximum atomic E-state index is 12.5. The van der Waals surface area contributed by atoms with E-state index in [0.29, 0.717) is 16.5 Å². The molecule has 3 heterocycles. The number of H-pyrrole nitrogens is 1. The van der Waals surface area contributed by atoms with Crippen molar-refractivity contribution in [2.45, 2.75) is 11.4 Å². The average molecular weight is 438 g/mol. The van der Waals surface area contributed by atoms with Gasteiger partial charge in [0.1, 0.15) is 11.5 Å². The molecule has 4 N–H and O–H groups in total. The molecule has 0 fully saturated rings. The molecule has 1 aromatic carbocycles. The molecule has 31 heavy (non-hydrogen) atoms. The molecule has 0 aliphatic heterocycles. The number of rotatable bonds is 5. The van der Waals surface area contributed by atoms with E-state index >= 15 is 0 Å². The summed E-state index contributed by atoms with van der Waals surface area (Å²) in [5.41, 5.74) is 6.59. The van der Waals surface area contributed by atoms with Crippen molar-refractivity contribution in [1.29, 1.82) is 0 Å². The fourth-order valence-corrected chi connectivity index (χ4v) is 4.26. The monoisotopic (exact) mass is 438 g/mol. The number of fused-ring (bicyclic) bond motifs is 1. The molecule has 0 saturated heterocycles. The fraction of sp³-hybridized carbons (Fsp3) is 0.0952. The van der Waals surface area contributed by atoms with Crippen LogP contribution in [0.4, 0.5) is 5.82 Å². The highest BCUT2D eigenvalue weighted by Gasteiger charge is 2.26. The van der Waals surface area contributed by atoms with Gasteiger partial charge in [-0.2, -0.15) is 0 Å². The molecule has 0 radical (unpaired) electrons. The number of aromatic nitrogens is 3. The van der Waals surface area contributed by atoms with E-state index in [1.54, 1.807) is 24.3 Å². The number of benzene rings is 1. The van der Waals surface area contributed by atoms with Crippen molar-refractivity contribution < 1.29 is 18.3 Å². The Labute approximate surface area is 176 Å². The molecule has 0 bridgehead atoms. The molecule has 9 nitrogen and oxygen atoms in total.